The normalized spacial score (nSPS) is 13.2. The van der Waals surface area contributed by atoms with Crippen LogP contribution in [0.5, 0.6) is 0 Å². The molecule has 0 aromatic carbocycles. The molecule has 1 aromatic heterocycles. The summed E-state index contributed by atoms with van der Waals surface area (Å²) >= 11 is 7.81. The molecule has 0 aliphatic rings. The maximum absolute atomic E-state index is 6.13. The first kappa shape index (κ1) is 11.0. The van der Waals surface area contributed by atoms with Crippen LogP contribution in [0.2, 0.25) is 5.02 Å². The van der Waals surface area contributed by atoms with Crippen LogP contribution in [0.4, 0.5) is 0 Å². The van der Waals surface area contributed by atoms with Gasteiger partial charge in [-0.15, -0.1) is 11.3 Å². The molecule has 0 radical (unpaired) electrons. The summed E-state index contributed by atoms with van der Waals surface area (Å²) < 4.78 is 0. The summed E-state index contributed by atoms with van der Waals surface area (Å²) in [6.45, 7) is 4.15. The summed E-state index contributed by atoms with van der Waals surface area (Å²) in [7, 11) is 0. The van der Waals surface area contributed by atoms with Gasteiger partial charge in [0, 0.05) is 4.88 Å². The maximum atomic E-state index is 6.13. The van der Waals surface area contributed by atoms with E-state index in [-0.39, 0.29) is 6.04 Å². The lowest BCUT2D eigenvalue weighted by Gasteiger charge is -2.13. The van der Waals surface area contributed by atoms with Gasteiger partial charge in [-0.1, -0.05) is 24.9 Å². The fraction of sp³-hybridized carbons (Fsp3) is 0.556. The summed E-state index contributed by atoms with van der Waals surface area (Å²) in [6, 6.07) is 0.205. The van der Waals surface area contributed by atoms with E-state index in [1.807, 2.05) is 6.92 Å². The number of hydrazine groups is 1. The largest absolute Gasteiger partial charge is 0.271 e. The Labute approximate surface area is 88.1 Å². The van der Waals surface area contributed by atoms with E-state index in [9.17, 15) is 0 Å². The second-order valence-corrected chi connectivity index (χ2v) is 4.39. The molecular formula is C9H15ClN2S. The van der Waals surface area contributed by atoms with Gasteiger partial charge in [0.2, 0.25) is 0 Å². The lowest BCUT2D eigenvalue weighted by Crippen LogP contribution is -2.27. The Kier molecular flexibility index (Phi) is 4.19. The van der Waals surface area contributed by atoms with Crippen molar-refractivity contribution in [1.82, 2.24) is 5.43 Å². The van der Waals surface area contributed by atoms with Crippen LogP contribution in [0, 0.1) is 6.92 Å². The van der Waals surface area contributed by atoms with Crippen LogP contribution in [0.15, 0.2) is 5.38 Å². The van der Waals surface area contributed by atoms with E-state index in [2.05, 4.69) is 17.7 Å². The van der Waals surface area contributed by atoms with Gasteiger partial charge in [0.05, 0.1) is 11.1 Å². The highest BCUT2D eigenvalue weighted by Crippen LogP contribution is 2.33. The van der Waals surface area contributed by atoms with Gasteiger partial charge in [-0.25, -0.2) is 0 Å². The fourth-order valence-corrected chi connectivity index (χ4v) is 2.68. The van der Waals surface area contributed by atoms with E-state index in [0.717, 1.165) is 28.3 Å². The molecule has 1 atom stereocenters. The molecule has 0 fully saturated rings. The van der Waals surface area contributed by atoms with E-state index in [4.69, 9.17) is 17.4 Å². The molecule has 4 heteroatoms. The molecule has 1 heterocycles. The fourth-order valence-electron chi connectivity index (χ4n) is 1.26. The topological polar surface area (TPSA) is 38.0 Å². The maximum Gasteiger partial charge on any atom is 0.0590 e. The zero-order chi connectivity index (χ0) is 9.84. The van der Waals surface area contributed by atoms with Crippen molar-refractivity contribution < 1.29 is 0 Å². The number of rotatable bonds is 4. The van der Waals surface area contributed by atoms with Gasteiger partial charge in [0.25, 0.3) is 0 Å². The van der Waals surface area contributed by atoms with Crippen molar-refractivity contribution in [3.63, 3.8) is 0 Å². The highest BCUT2D eigenvalue weighted by molar-refractivity contribution is 7.10. The molecular weight excluding hydrogens is 204 g/mol. The minimum absolute atomic E-state index is 0.205. The Morgan fingerprint density at radius 1 is 1.69 bits per heavy atom. The minimum atomic E-state index is 0.205. The van der Waals surface area contributed by atoms with E-state index in [0.29, 0.717) is 0 Å². The predicted molar refractivity (Wildman–Crippen MR) is 59.0 cm³/mol. The third-order valence-electron chi connectivity index (χ3n) is 2.02. The summed E-state index contributed by atoms with van der Waals surface area (Å²) in [5, 5.41) is 2.93. The first-order chi connectivity index (χ1) is 6.20. The number of hydrogen-bond acceptors (Lipinski definition) is 3. The van der Waals surface area contributed by atoms with E-state index in [1.165, 1.54) is 0 Å². The molecule has 13 heavy (non-hydrogen) atoms. The van der Waals surface area contributed by atoms with Crippen molar-refractivity contribution >= 4 is 22.9 Å². The van der Waals surface area contributed by atoms with Crippen molar-refractivity contribution in [1.29, 1.82) is 0 Å². The Hall–Kier alpha value is -0.0900. The van der Waals surface area contributed by atoms with Crippen LogP contribution >= 0.6 is 22.9 Å². The molecule has 0 bridgehead atoms. The molecule has 1 unspecified atom stereocenters. The molecule has 0 saturated heterocycles. The number of aryl methyl sites for hydroxylation is 1. The highest BCUT2D eigenvalue weighted by Gasteiger charge is 2.15. The molecule has 0 spiro atoms. The van der Waals surface area contributed by atoms with Crippen molar-refractivity contribution in [3.8, 4) is 0 Å². The Balaban J connectivity index is 2.84. The van der Waals surface area contributed by atoms with Crippen LogP contribution in [-0.2, 0) is 0 Å². The lowest BCUT2D eigenvalue weighted by atomic mass is 10.1. The van der Waals surface area contributed by atoms with Crippen molar-refractivity contribution in [3.05, 3.63) is 20.8 Å². The standard InChI is InChI=1S/C9H15ClN2S/c1-3-4-7(12-11)9-8(10)6(2)5-13-9/h5,7,12H,3-4,11H2,1-2H3. The zero-order valence-corrected chi connectivity index (χ0v) is 9.50. The zero-order valence-electron chi connectivity index (χ0n) is 7.93. The first-order valence-electron chi connectivity index (χ1n) is 4.40. The molecule has 0 amide bonds. The lowest BCUT2D eigenvalue weighted by molar-refractivity contribution is 0.517. The predicted octanol–water partition coefficient (Wildman–Crippen LogP) is 3.01. The number of nitrogens with one attached hydrogen (secondary N) is 1. The van der Waals surface area contributed by atoms with Crippen molar-refractivity contribution in [2.75, 3.05) is 0 Å². The molecule has 1 rings (SSSR count). The van der Waals surface area contributed by atoms with E-state index < -0.39 is 0 Å². The summed E-state index contributed by atoms with van der Waals surface area (Å²) in [6.07, 6.45) is 2.12. The Bertz CT molecular complexity index is 273. The quantitative estimate of drug-likeness (QED) is 0.602. The van der Waals surface area contributed by atoms with E-state index >= 15 is 0 Å². The van der Waals surface area contributed by atoms with Gasteiger partial charge in [-0.3, -0.25) is 11.3 Å². The summed E-state index contributed by atoms with van der Waals surface area (Å²) in [4.78, 5) is 1.16. The monoisotopic (exact) mass is 218 g/mol. The molecule has 0 aliphatic heterocycles. The van der Waals surface area contributed by atoms with Crippen LogP contribution in [0.25, 0.3) is 0 Å². The third kappa shape index (κ3) is 2.44. The molecule has 3 N–H and O–H groups in total. The van der Waals surface area contributed by atoms with Gasteiger partial charge in [-0.2, -0.15) is 0 Å². The average Bonchev–Trinajstić information content (AvgIpc) is 2.45. The van der Waals surface area contributed by atoms with Gasteiger partial charge in [0.15, 0.2) is 0 Å². The smallest absolute Gasteiger partial charge is 0.0590 e. The third-order valence-corrected chi connectivity index (χ3v) is 3.85. The SMILES string of the molecule is CCCC(NN)c1scc(C)c1Cl. The second-order valence-electron chi connectivity index (χ2n) is 3.10. The van der Waals surface area contributed by atoms with Gasteiger partial charge in [-0.05, 0) is 24.3 Å². The summed E-state index contributed by atoms with van der Waals surface area (Å²) in [5.41, 5.74) is 3.94. The number of thiophene rings is 1. The van der Waals surface area contributed by atoms with Crippen LogP contribution in [0.3, 0.4) is 0 Å². The number of hydrogen-bond donors (Lipinski definition) is 2. The van der Waals surface area contributed by atoms with Gasteiger partial charge in [0.1, 0.15) is 0 Å². The molecule has 74 valence electrons. The molecule has 0 saturated carbocycles. The second kappa shape index (κ2) is 4.96. The highest BCUT2D eigenvalue weighted by atomic mass is 35.5. The number of halogens is 1. The number of nitrogens with two attached hydrogens (primary N) is 1. The average molecular weight is 219 g/mol. The Morgan fingerprint density at radius 2 is 2.38 bits per heavy atom. The van der Waals surface area contributed by atoms with Crippen molar-refractivity contribution in [2.45, 2.75) is 32.7 Å². The molecule has 1 aromatic rings. The molecule has 2 nitrogen and oxygen atoms in total. The Morgan fingerprint density at radius 3 is 2.77 bits per heavy atom. The van der Waals surface area contributed by atoms with E-state index in [1.54, 1.807) is 11.3 Å². The summed E-state index contributed by atoms with van der Waals surface area (Å²) in [5.74, 6) is 5.47. The van der Waals surface area contributed by atoms with Gasteiger partial charge >= 0.3 is 0 Å². The molecule has 0 aliphatic carbocycles. The van der Waals surface area contributed by atoms with Crippen LogP contribution in [-0.4, -0.2) is 0 Å². The van der Waals surface area contributed by atoms with Crippen LogP contribution in [0.1, 0.15) is 36.2 Å². The van der Waals surface area contributed by atoms with Crippen LogP contribution < -0.4 is 11.3 Å². The first-order valence-corrected chi connectivity index (χ1v) is 5.66. The minimum Gasteiger partial charge on any atom is -0.271 e. The van der Waals surface area contributed by atoms with Gasteiger partial charge < -0.3 is 0 Å². The van der Waals surface area contributed by atoms with Crippen molar-refractivity contribution in [2.24, 2.45) is 5.84 Å².